The molecule has 0 nitrogen and oxygen atoms in total. The Bertz CT molecular complexity index is 452. The zero-order valence-electron chi connectivity index (χ0n) is 16.4. The molecule has 2 fully saturated rings. The second-order valence-corrected chi connectivity index (χ2v) is 24.8. The van der Waals surface area contributed by atoms with Gasteiger partial charge in [0.15, 0.2) is 0 Å². The fraction of sp³-hybridized carbons (Fsp3) is 0.545. The Balaban J connectivity index is 0.000000378. The van der Waals surface area contributed by atoms with Crippen molar-refractivity contribution in [2.75, 3.05) is 0 Å². The van der Waals surface area contributed by atoms with E-state index in [2.05, 4.69) is 86.8 Å². The van der Waals surface area contributed by atoms with Gasteiger partial charge in [-0.15, -0.1) is 24.0 Å². The molecule has 0 aromatic heterocycles. The first-order valence-electron chi connectivity index (χ1n) is 9.37. The van der Waals surface area contributed by atoms with Crippen LogP contribution >= 0.6 is 0 Å². The van der Waals surface area contributed by atoms with Crippen LogP contribution in [0.4, 0.5) is 0 Å². The van der Waals surface area contributed by atoms with Crippen molar-refractivity contribution in [3.05, 3.63) is 61.4 Å². The summed E-state index contributed by atoms with van der Waals surface area (Å²) in [5.41, 5.74) is 0. The van der Waals surface area contributed by atoms with Crippen LogP contribution in [0, 0.1) is 48.3 Å². The van der Waals surface area contributed by atoms with E-state index in [4.69, 9.17) is 0 Å². The molecule has 26 heavy (non-hydrogen) atoms. The Kier molecular flexibility index (Phi) is 14.5. The molecule has 0 radical (unpaired) electrons. The van der Waals surface area contributed by atoms with Gasteiger partial charge in [0.25, 0.3) is 0 Å². The van der Waals surface area contributed by atoms with Crippen molar-refractivity contribution < 1.29 is 46.4 Å². The number of rotatable bonds is 0. The zero-order chi connectivity index (χ0) is 17.5. The van der Waals surface area contributed by atoms with Gasteiger partial charge in [-0.2, -0.15) is 11.8 Å². The number of hydrogen-bond donors (Lipinski definition) is 0. The fourth-order valence-electron chi connectivity index (χ4n) is 4.00. The summed E-state index contributed by atoms with van der Waals surface area (Å²) in [4.78, 5) is 0. The van der Waals surface area contributed by atoms with Gasteiger partial charge in [-0.3, -0.25) is 0 Å². The van der Waals surface area contributed by atoms with Crippen molar-refractivity contribution in [3.63, 3.8) is 0 Å². The van der Waals surface area contributed by atoms with E-state index < -0.39 is 0 Å². The summed E-state index contributed by atoms with van der Waals surface area (Å²) >= 11 is 1.80. The molecule has 6 atom stereocenters. The molecule has 0 aromatic carbocycles. The quantitative estimate of drug-likeness (QED) is 0.305. The van der Waals surface area contributed by atoms with Crippen LogP contribution in [0.2, 0.25) is 11.5 Å². The van der Waals surface area contributed by atoms with Gasteiger partial charge in [0.2, 0.25) is 0 Å². The summed E-state index contributed by atoms with van der Waals surface area (Å²) in [5, 5.41) is 0. The van der Waals surface area contributed by atoms with Gasteiger partial charge >= 0.3 is 43.1 Å². The molecule has 6 unspecified atom stereocenters. The van der Waals surface area contributed by atoms with E-state index in [-0.39, 0.29) is 34.8 Å². The number of hydrogen-bond acceptors (Lipinski definition) is 0. The minimum Gasteiger partial charge on any atom is -1.00 e. The van der Waals surface area contributed by atoms with Gasteiger partial charge in [0, 0.05) is 0 Å². The molecule has 4 aliphatic rings. The molecule has 4 heteroatoms. The van der Waals surface area contributed by atoms with Gasteiger partial charge < -0.3 is 37.7 Å². The van der Waals surface area contributed by atoms with Crippen molar-refractivity contribution in [3.8, 4) is 0 Å². The number of allylic oxidation sites excluding steroid dienone is 8. The van der Waals surface area contributed by atoms with Crippen molar-refractivity contribution in [2.24, 2.45) is 35.5 Å². The summed E-state index contributed by atoms with van der Waals surface area (Å²) in [5.74, 6) is 9.53. The van der Waals surface area contributed by atoms with Crippen LogP contribution in [0.3, 0.4) is 0 Å². The predicted molar refractivity (Wildman–Crippen MR) is 104 cm³/mol. The summed E-state index contributed by atoms with van der Waals surface area (Å²) in [6.45, 7) is 4.61. The summed E-state index contributed by atoms with van der Waals surface area (Å²) in [6.07, 6.45) is 25.6. The summed E-state index contributed by atoms with van der Waals surface area (Å²) in [6, 6.07) is 0. The van der Waals surface area contributed by atoms with Crippen LogP contribution in [0.1, 0.15) is 26.7 Å². The maximum Gasteiger partial charge on any atom is -1.00 e. The van der Waals surface area contributed by atoms with Crippen LogP contribution in [-0.2, 0) is 21.6 Å². The Morgan fingerprint density at radius 2 is 1.04 bits per heavy atom. The second-order valence-electron chi connectivity index (χ2n) is 7.83. The largest absolute Gasteiger partial charge is 1.00 e. The molecule has 0 aromatic rings. The molecule has 0 bridgehead atoms. The zero-order valence-corrected chi connectivity index (χ0v) is 22.5. The van der Waals surface area contributed by atoms with Crippen LogP contribution in [-0.4, -0.2) is 9.98 Å². The van der Waals surface area contributed by atoms with Crippen molar-refractivity contribution in [1.29, 1.82) is 0 Å². The SMILES string of the molecule is CC1[CH-]C2C=CC=CC2C1.CC1[CH-]C2C=CC=CC2C1.[CH3][Ge]([CH3])=[Zr+2].[Cl-].[Cl-]. The van der Waals surface area contributed by atoms with E-state index in [0.717, 1.165) is 35.5 Å². The molecule has 4 aliphatic carbocycles. The van der Waals surface area contributed by atoms with Crippen LogP contribution < -0.4 is 24.8 Å². The van der Waals surface area contributed by atoms with Gasteiger partial charge in [0.05, 0.1) is 0 Å². The third-order valence-electron chi connectivity index (χ3n) is 4.98. The summed E-state index contributed by atoms with van der Waals surface area (Å²) < 4.78 is 0. The van der Waals surface area contributed by atoms with E-state index >= 15 is 0 Å². The van der Waals surface area contributed by atoms with Crippen molar-refractivity contribution in [1.82, 2.24) is 0 Å². The van der Waals surface area contributed by atoms with Gasteiger partial charge in [-0.1, -0.05) is 63.1 Å². The Morgan fingerprint density at radius 1 is 0.731 bits per heavy atom. The third-order valence-corrected chi connectivity index (χ3v) is 4.98. The number of halogens is 2. The molecule has 0 saturated heterocycles. The first kappa shape index (κ1) is 27.0. The maximum atomic E-state index is 2.46. The molecule has 0 amide bonds. The van der Waals surface area contributed by atoms with Crippen LogP contribution in [0.15, 0.2) is 48.6 Å². The van der Waals surface area contributed by atoms with E-state index in [9.17, 15) is 0 Å². The molecule has 0 aliphatic heterocycles. The average Bonchev–Trinajstić information content (AvgIpc) is 3.07. The van der Waals surface area contributed by atoms with E-state index in [1.807, 2.05) is 0 Å². The van der Waals surface area contributed by atoms with Crippen LogP contribution in [0.25, 0.3) is 0 Å². The first-order valence-corrected chi connectivity index (χ1v) is 21.0. The molecule has 0 spiro atoms. The molecule has 4 rings (SSSR count). The predicted octanol–water partition coefficient (Wildman–Crippen LogP) is -0.0299. The normalized spacial score (nSPS) is 34.8. The smallest absolute Gasteiger partial charge is 1.00 e. The third kappa shape index (κ3) is 9.44. The summed E-state index contributed by atoms with van der Waals surface area (Å²) in [7, 11) is -0.243. The second kappa shape index (κ2) is 14.0. The number of fused-ring (bicyclic) bond motifs is 2. The average molecular weight is 531 g/mol. The first-order chi connectivity index (χ1) is 11.5. The Hall–Kier alpha value is 0.966. The standard InChI is InChI=1S/2C10H13.C2H6Ge.2ClH.Zr/c2*1-8-6-9-4-2-3-5-10(9)7-8;1-3-2;;;/h2*2-6,8-10H,7H2,1H3;1-2H3;2*1H;/q2*-1;;;;+2/p-2. The van der Waals surface area contributed by atoms with Crippen LogP contribution in [0.5, 0.6) is 0 Å². The Morgan fingerprint density at radius 3 is 1.35 bits per heavy atom. The topological polar surface area (TPSA) is 0 Å². The molecular formula is C22H32Cl2GeZr-2. The molecule has 0 N–H and O–H groups in total. The molecule has 0 heterocycles. The maximum absolute atomic E-state index is 2.46. The van der Waals surface area contributed by atoms with Gasteiger partial charge in [-0.25, -0.2) is 0 Å². The minimum absolute atomic E-state index is 0. The van der Waals surface area contributed by atoms with Crippen molar-refractivity contribution >= 4 is 9.98 Å². The molecular weight excluding hydrogens is 499 g/mol. The van der Waals surface area contributed by atoms with E-state index in [0.29, 0.717) is 0 Å². The van der Waals surface area contributed by atoms with Crippen molar-refractivity contribution in [2.45, 2.75) is 38.2 Å². The molecule has 144 valence electrons. The molecule has 2 saturated carbocycles. The van der Waals surface area contributed by atoms with Gasteiger partial charge in [-0.05, 0) is 11.8 Å². The Labute approximate surface area is 190 Å². The fourth-order valence-corrected chi connectivity index (χ4v) is 4.00. The van der Waals surface area contributed by atoms with E-state index in [1.165, 1.54) is 12.8 Å². The van der Waals surface area contributed by atoms with Gasteiger partial charge in [0.1, 0.15) is 0 Å². The minimum atomic E-state index is -0.243. The monoisotopic (exact) mass is 530 g/mol. The van der Waals surface area contributed by atoms with E-state index in [1.54, 1.807) is 21.6 Å².